The van der Waals surface area contributed by atoms with Crippen LogP contribution in [0.4, 0.5) is 5.82 Å². The number of likely N-dealkylation sites (tertiary alicyclic amines) is 1. The number of hydrogen-bond donors (Lipinski definition) is 2. The number of hydrogen-bond acceptors (Lipinski definition) is 6. The average Bonchev–Trinajstić information content (AvgIpc) is 2.94. The molecule has 1 amide bonds. The van der Waals surface area contributed by atoms with E-state index in [1.165, 1.54) is 7.11 Å². The third-order valence-corrected chi connectivity index (χ3v) is 3.94. The molecule has 0 aromatic carbocycles. The number of rotatable bonds is 5. The molecular weight excluding hydrogens is 294 g/mol. The topological polar surface area (TPSA) is 93.4 Å². The summed E-state index contributed by atoms with van der Waals surface area (Å²) in [5.41, 5.74) is 5.60. The molecule has 0 aliphatic carbocycles. The number of carbonyl (C=O) groups is 1. The number of ether oxygens (including phenoxy) is 1. The zero-order chi connectivity index (χ0) is 15.4. The highest BCUT2D eigenvalue weighted by atomic mass is 35.5. The summed E-state index contributed by atoms with van der Waals surface area (Å²) in [7, 11) is 1.41. The Hall–Kier alpha value is -1.60. The van der Waals surface area contributed by atoms with Gasteiger partial charge in [-0.05, 0) is 25.9 Å². The summed E-state index contributed by atoms with van der Waals surface area (Å²) in [5, 5.41) is 2.86. The minimum absolute atomic E-state index is 0.00278. The van der Waals surface area contributed by atoms with Crippen LogP contribution in [0, 0.1) is 0 Å². The van der Waals surface area contributed by atoms with E-state index in [1.807, 2.05) is 0 Å². The molecule has 1 aromatic heterocycles. The van der Waals surface area contributed by atoms with Crippen molar-refractivity contribution in [2.24, 2.45) is 0 Å². The number of aromatic nitrogens is 2. The van der Waals surface area contributed by atoms with Gasteiger partial charge in [-0.3, -0.25) is 9.69 Å². The summed E-state index contributed by atoms with van der Waals surface area (Å²) in [5.74, 6) is -0.240. The van der Waals surface area contributed by atoms with Crippen molar-refractivity contribution in [2.75, 3.05) is 32.5 Å². The lowest BCUT2D eigenvalue weighted by molar-refractivity contribution is 0.0932. The normalized spacial score (nSPS) is 18.7. The Morgan fingerprint density at radius 2 is 2.33 bits per heavy atom. The summed E-state index contributed by atoms with van der Waals surface area (Å²) in [6, 6.07) is 0.363. The van der Waals surface area contributed by atoms with E-state index in [1.54, 1.807) is 0 Å². The van der Waals surface area contributed by atoms with Gasteiger partial charge in [0.1, 0.15) is 0 Å². The number of nitrogen functional groups attached to an aromatic ring is 1. The summed E-state index contributed by atoms with van der Waals surface area (Å²) in [6.45, 7) is 4.75. The highest BCUT2D eigenvalue weighted by Gasteiger charge is 2.25. The molecule has 0 saturated carbocycles. The van der Waals surface area contributed by atoms with Crippen LogP contribution in [0.1, 0.15) is 30.3 Å². The van der Waals surface area contributed by atoms with Gasteiger partial charge in [0.05, 0.1) is 7.11 Å². The van der Waals surface area contributed by atoms with Gasteiger partial charge in [0.15, 0.2) is 16.7 Å². The van der Waals surface area contributed by atoms with Crippen molar-refractivity contribution in [3.8, 4) is 5.88 Å². The van der Waals surface area contributed by atoms with Crippen LogP contribution in [-0.2, 0) is 0 Å². The molecule has 21 heavy (non-hydrogen) atoms. The summed E-state index contributed by atoms with van der Waals surface area (Å²) in [4.78, 5) is 22.4. The Bertz CT molecular complexity index is 526. The fraction of sp³-hybridized carbons (Fsp3) is 0.615. The predicted molar refractivity (Wildman–Crippen MR) is 80.6 cm³/mol. The number of nitrogens with zero attached hydrogens (tertiary/aromatic N) is 3. The van der Waals surface area contributed by atoms with Crippen LogP contribution in [-0.4, -0.2) is 53.6 Å². The first kappa shape index (κ1) is 15.8. The Balaban J connectivity index is 2.05. The SMILES string of the molecule is CCN1CCCC1CNC(=O)c1nc(Cl)c(N)nc1OC. The van der Waals surface area contributed by atoms with Gasteiger partial charge in [-0.1, -0.05) is 18.5 Å². The van der Waals surface area contributed by atoms with Crippen molar-refractivity contribution in [2.45, 2.75) is 25.8 Å². The lowest BCUT2D eigenvalue weighted by Crippen LogP contribution is -2.40. The van der Waals surface area contributed by atoms with Crippen molar-refractivity contribution in [3.05, 3.63) is 10.8 Å². The number of carbonyl (C=O) groups excluding carboxylic acids is 1. The highest BCUT2D eigenvalue weighted by molar-refractivity contribution is 6.31. The van der Waals surface area contributed by atoms with Crippen LogP contribution in [0.15, 0.2) is 0 Å². The smallest absolute Gasteiger partial charge is 0.275 e. The number of nitrogens with one attached hydrogen (secondary N) is 1. The van der Waals surface area contributed by atoms with Gasteiger partial charge < -0.3 is 15.8 Å². The molecule has 0 bridgehead atoms. The number of halogens is 1. The Morgan fingerprint density at radius 1 is 1.57 bits per heavy atom. The van der Waals surface area contributed by atoms with Crippen molar-refractivity contribution in [3.63, 3.8) is 0 Å². The standard InChI is InChI=1S/C13H20ClN5O2/c1-3-19-6-4-5-8(19)7-16-12(20)9-13(21-2)18-11(15)10(14)17-9/h8H,3-7H2,1-2H3,(H2,15,18)(H,16,20). The first-order valence-corrected chi connectivity index (χ1v) is 7.33. The first-order valence-electron chi connectivity index (χ1n) is 6.96. The molecule has 1 aromatic rings. The summed E-state index contributed by atoms with van der Waals surface area (Å²) in [6.07, 6.45) is 2.24. The van der Waals surface area contributed by atoms with Crippen molar-refractivity contribution >= 4 is 23.3 Å². The molecule has 1 aliphatic heterocycles. The van der Waals surface area contributed by atoms with E-state index in [-0.39, 0.29) is 28.5 Å². The van der Waals surface area contributed by atoms with E-state index in [0.29, 0.717) is 12.6 Å². The minimum atomic E-state index is -0.357. The first-order chi connectivity index (χ1) is 10.1. The minimum Gasteiger partial charge on any atom is -0.479 e. The molecule has 1 aliphatic rings. The molecule has 1 unspecified atom stereocenters. The molecule has 0 radical (unpaired) electrons. The van der Waals surface area contributed by atoms with Crippen LogP contribution in [0.3, 0.4) is 0 Å². The van der Waals surface area contributed by atoms with Gasteiger partial charge in [-0.2, -0.15) is 4.98 Å². The monoisotopic (exact) mass is 313 g/mol. The zero-order valence-electron chi connectivity index (χ0n) is 12.2. The fourth-order valence-electron chi connectivity index (χ4n) is 2.54. The van der Waals surface area contributed by atoms with E-state index in [2.05, 4.69) is 27.1 Å². The Labute approximate surface area is 128 Å². The van der Waals surface area contributed by atoms with Crippen molar-refractivity contribution in [1.82, 2.24) is 20.2 Å². The lowest BCUT2D eigenvalue weighted by Gasteiger charge is -2.22. The fourth-order valence-corrected chi connectivity index (χ4v) is 2.67. The van der Waals surface area contributed by atoms with E-state index < -0.39 is 0 Å². The van der Waals surface area contributed by atoms with E-state index in [4.69, 9.17) is 22.1 Å². The number of amides is 1. The Kier molecular flexibility index (Phi) is 5.19. The van der Waals surface area contributed by atoms with Gasteiger partial charge >= 0.3 is 0 Å². The molecule has 1 atom stereocenters. The van der Waals surface area contributed by atoms with E-state index >= 15 is 0 Å². The molecule has 1 saturated heterocycles. The molecule has 0 spiro atoms. The highest BCUT2D eigenvalue weighted by Crippen LogP contribution is 2.21. The van der Waals surface area contributed by atoms with E-state index in [0.717, 1.165) is 25.9 Å². The molecular formula is C13H20ClN5O2. The maximum Gasteiger partial charge on any atom is 0.275 e. The molecule has 8 heteroatoms. The van der Waals surface area contributed by atoms with E-state index in [9.17, 15) is 4.79 Å². The quantitative estimate of drug-likeness (QED) is 0.840. The largest absolute Gasteiger partial charge is 0.479 e. The second-order valence-electron chi connectivity index (χ2n) is 4.89. The maximum atomic E-state index is 12.2. The van der Waals surface area contributed by atoms with Crippen LogP contribution < -0.4 is 15.8 Å². The van der Waals surface area contributed by atoms with Crippen LogP contribution >= 0.6 is 11.6 Å². The van der Waals surface area contributed by atoms with Crippen molar-refractivity contribution in [1.29, 1.82) is 0 Å². The number of likely N-dealkylation sites (N-methyl/N-ethyl adjacent to an activating group) is 1. The second-order valence-corrected chi connectivity index (χ2v) is 5.25. The van der Waals surface area contributed by atoms with Gasteiger partial charge in [0.25, 0.3) is 5.91 Å². The molecule has 7 nitrogen and oxygen atoms in total. The molecule has 2 rings (SSSR count). The van der Waals surface area contributed by atoms with Gasteiger partial charge in [0.2, 0.25) is 5.88 Å². The van der Waals surface area contributed by atoms with Crippen LogP contribution in [0.25, 0.3) is 0 Å². The Morgan fingerprint density at radius 3 is 3.00 bits per heavy atom. The molecule has 1 fully saturated rings. The number of anilines is 1. The average molecular weight is 314 g/mol. The van der Waals surface area contributed by atoms with Crippen LogP contribution in [0.5, 0.6) is 5.88 Å². The van der Waals surface area contributed by atoms with Gasteiger partial charge in [-0.15, -0.1) is 0 Å². The summed E-state index contributed by atoms with van der Waals surface area (Å²) < 4.78 is 5.03. The zero-order valence-corrected chi connectivity index (χ0v) is 13.0. The third-order valence-electron chi connectivity index (χ3n) is 3.66. The van der Waals surface area contributed by atoms with Gasteiger partial charge in [-0.25, -0.2) is 4.98 Å². The molecule has 3 N–H and O–H groups in total. The molecule has 116 valence electrons. The second kappa shape index (κ2) is 6.91. The predicted octanol–water partition coefficient (Wildman–Crippen LogP) is 0.935. The summed E-state index contributed by atoms with van der Waals surface area (Å²) >= 11 is 5.82. The van der Waals surface area contributed by atoms with Crippen molar-refractivity contribution < 1.29 is 9.53 Å². The van der Waals surface area contributed by atoms with Crippen LogP contribution in [0.2, 0.25) is 5.15 Å². The number of nitrogens with two attached hydrogens (primary N) is 1. The lowest BCUT2D eigenvalue weighted by atomic mass is 10.2. The van der Waals surface area contributed by atoms with Gasteiger partial charge in [0, 0.05) is 12.6 Å². The molecule has 2 heterocycles. The third kappa shape index (κ3) is 3.54. The number of methoxy groups -OCH3 is 1. The maximum absolute atomic E-state index is 12.2.